The number of aliphatic hydroxyl groups is 1. The number of nitrogens with one attached hydrogen (secondary N) is 1. The first-order valence-corrected chi connectivity index (χ1v) is 9.29. The summed E-state index contributed by atoms with van der Waals surface area (Å²) >= 11 is 1.54. The van der Waals surface area contributed by atoms with E-state index in [0.717, 1.165) is 23.3 Å². The second kappa shape index (κ2) is 7.45. The standard InChI is InChI=1S/C19H23NO4S/c1-19(2)10-13-4-3-5-16(18(13)24-19)23-11-17(22)20-8-6-15(21)14-7-9-25-12-14/h3-5,7,9,12,15,21H,6,8,10-11H2,1-2H3,(H,20,22)/t15-/m1/s1. The van der Waals surface area contributed by atoms with E-state index in [0.29, 0.717) is 18.7 Å². The number of carbonyl (C=O) groups excluding carboxylic acids is 1. The van der Waals surface area contributed by atoms with Crippen molar-refractivity contribution in [1.82, 2.24) is 5.32 Å². The summed E-state index contributed by atoms with van der Waals surface area (Å²) < 4.78 is 11.6. The molecule has 134 valence electrons. The monoisotopic (exact) mass is 361 g/mol. The molecule has 25 heavy (non-hydrogen) atoms. The van der Waals surface area contributed by atoms with Crippen molar-refractivity contribution >= 4 is 17.2 Å². The van der Waals surface area contributed by atoms with Gasteiger partial charge in [0.25, 0.3) is 5.91 Å². The maximum absolute atomic E-state index is 12.0. The van der Waals surface area contributed by atoms with Crippen LogP contribution in [0, 0.1) is 0 Å². The van der Waals surface area contributed by atoms with Crippen molar-refractivity contribution in [3.8, 4) is 11.5 Å². The first kappa shape index (κ1) is 17.8. The second-order valence-corrected chi connectivity index (χ2v) is 7.56. The van der Waals surface area contributed by atoms with Crippen LogP contribution in [0.2, 0.25) is 0 Å². The van der Waals surface area contributed by atoms with Gasteiger partial charge in [-0.2, -0.15) is 11.3 Å². The molecule has 2 heterocycles. The SMILES string of the molecule is CC1(C)Cc2cccc(OCC(=O)NCC[C@@H](O)c3ccsc3)c2O1. The van der Waals surface area contributed by atoms with Crippen molar-refractivity contribution in [3.05, 3.63) is 46.2 Å². The van der Waals surface area contributed by atoms with Gasteiger partial charge in [0, 0.05) is 18.5 Å². The lowest BCUT2D eigenvalue weighted by molar-refractivity contribution is -0.123. The number of hydrogen-bond acceptors (Lipinski definition) is 5. The summed E-state index contributed by atoms with van der Waals surface area (Å²) in [5, 5.41) is 16.6. The van der Waals surface area contributed by atoms with E-state index in [1.807, 2.05) is 48.9 Å². The van der Waals surface area contributed by atoms with Crippen LogP contribution in [0.4, 0.5) is 0 Å². The van der Waals surface area contributed by atoms with E-state index in [1.165, 1.54) is 0 Å². The maximum Gasteiger partial charge on any atom is 0.257 e. The number of para-hydroxylation sites is 1. The number of thiophene rings is 1. The number of hydrogen-bond donors (Lipinski definition) is 2. The average Bonchev–Trinajstić information content (AvgIpc) is 3.18. The molecule has 6 heteroatoms. The second-order valence-electron chi connectivity index (χ2n) is 6.78. The lowest BCUT2D eigenvalue weighted by atomic mass is 10.0. The van der Waals surface area contributed by atoms with Crippen molar-refractivity contribution in [2.24, 2.45) is 0 Å². The first-order valence-electron chi connectivity index (χ1n) is 8.35. The molecule has 1 aromatic heterocycles. The van der Waals surface area contributed by atoms with Gasteiger partial charge in [0.2, 0.25) is 0 Å². The van der Waals surface area contributed by atoms with Gasteiger partial charge in [0.05, 0.1) is 6.10 Å². The van der Waals surface area contributed by atoms with E-state index >= 15 is 0 Å². The van der Waals surface area contributed by atoms with Crippen LogP contribution in [0.3, 0.4) is 0 Å². The summed E-state index contributed by atoms with van der Waals surface area (Å²) in [4.78, 5) is 12.0. The minimum Gasteiger partial charge on any atom is -0.483 e. The number of carbonyl (C=O) groups is 1. The van der Waals surface area contributed by atoms with Crippen LogP contribution in [-0.2, 0) is 11.2 Å². The zero-order valence-corrected chi connectivity index (χ0v) is 15.3. The number of benzene rings is 1. The van der Waals surface area contributed by atoms with Crippen LogP contribution < -0.4 is 14.8 Å². The Kier molecular flexibility index (Phi) is 5.30. The van der Waals surface area contributed by atoms with Crippen LogP contribution in [0.15, 0.2) is 35.0 Å². The summed E-state index contributed by atoms with van der Waals surface area (Å²) in [6.45, 7) is 4.38. The van der Waals surface area contributed by atoms with Gasteiger partial charge < -0.3 is 19.9 Å². The minimum absolute atomic E-state index is 0.0746. The van der Waals surface area contributed by atoms with Crippen molar-refractivity contribution in [3.63, 3.8) is 0 Å². The third kappa shape index (κ3) is 4.52. The zero-order valence-electron chi connectivity index (χ0n) is 14.5. The van der Waals surface area contributed by atoms with Crippen LogP contribution >= 0.6 is 11.3 Å². The van der Waals surface area contributed by atoms with Crippen LogP contribution in [0.25, 0.3) is 0 Å². The molecular weight excluding hydrogens is 338 g/mol. The fraction of sp³-hybridized carbons (Fsp3) is 0.421. The van der Waals surface area contributed by atoms with Gasteiger partial charge in [-0.1, -0.05) is 12.1 Å². The molecule has 1 aliphatic rings. The molecule has 5 nitrogen and oxygen atoms in total. The van der Waals surface area contributed by atoms with Crippen LogP contribution in [0.5, 0.6) is 11.5 Å². The van der Waals surface area contributed by atoms with E-state index in [9.17, 15) is 9.90 Å². The number of rotatable bonds is 7. The Hall–Kier alpha value is -2.05. The molecule has 1 amide bonds. The third-order valence-corrected chi connectivity index (χ3v) is 4.78. The highest BCUT2D eigenvalue weighted by atomic mass is 32.1. The molecule has 3 rings (SSSR count). The van der Waals surface area contributed by atoms with Crippen molar-refractivity contribution in [1.29, 1.82) is 0 Å². The Balaban J connectivity index is 1.45. The largest absolute Gasteiger partial charge is 0.483 e. The minimum atomic E-state index is -0.555. The van der Waals surface area contributed by atoms with E-state index < -0.39 is 6.10 Å². The molecule has 2 aromatic rings. The fourth-order valence-corrected chi connectivity index (χ4v) is 3.58. The van der Waals surface area contributed by atoms with Crippen molar-refractivity contribution in [2.45, 2.75) is 38.4 Å². The van der Waals surface area contributed by atoms with Gasteiger partial charge in [0.15, 0.2) is 18.1 Å². The lowest BCUT2D eigenvalue weighted by Gasteiger charge is -2.18. The van der Waals surface area contributed by atoms with Gasteiger partial charge in [0.1, 0.15) is 5.60 Å². The Morgan fingerprint density at radius 2 is 2.28 bits per heavy atom. The van der Waals surface area contributed by atoms with Crippen molar-refractivity contribution in [2.75, 3.05) is 13.2 Å². The molecule has 0 unspecified atom stereocenters. The molecule has 1 aliphatic heterocycles. The topological polar surface area (TPSA) is 67.8 Å². The molecular formula is C19H23NO4S. The van der Waals surface area contributed by atoms with Gasteiger partial charge in [-0.05, 0) is 48.7 Å². The highest BCUT2D eigenvalue weighted by Gasteiger charge is 2.32. The molecule has 0 saturated carbocycles. The molecule has 0 saturated heterocycles. The maximum atomic E-state index is 12.0. The summed E-state index contributed by atoms with van der Waals surface area (Å²) in [7, 11) is 0. The highest BCUT2D eigenvalue weighted by Crippen LogP contribution is 2.41. The number of ether oxygens (including phenoxy) is 2. The van der Waals surface area contributed by atoms with E-state index in [-0.39, 0.29) is 18.1 Å². The molecule has 0 spiro atoms. The summed E-state index contributed by atoms with van der Waals surface area (Å²) in [5.41, 5.74) is 1.74. The Morgan fingerprint density at radius 3 is 3.04 bits per heavy atom. The first-order chi connectivity index (χ1) is 11.9. The van der Waals surface area contributed by atoms with Crippen LogP contribution in [0.1, 0.15) is 37.5 Å². The fourth-order valence-electron chi connectivity index (χ4n) is 2.87. The third-order valence-electron chi connectivity index (χ3n) is 4.08. The van der Waals surface area contributed by atoms with Gasteiger partial charge in [-0.15, -0.1) is 0 Å². The van der Waals surface area contributed by atoms with E-state index in [4.69, 9.17) is 9.47 Å². The van der Waals surface area contributed by atoms with Crippen molar-refractivity contribution < 1.29 is 19.4 Å². The lowest BCUT2D eigenvalue weighted by Crippen LogP contribution is -2.30. The molecule has 1 atom stereocenters. The Bertz CT molecular complexity index is 727. The van der Waals surface area contributed by atoms with Gasteiger partial charge in [-0.25, -0.2) is 0 Å². The molecule has 0 fully saturated rings. The van der Waals surface area contributed by atoms with Gasteiger partial charge in [-0.3, -0.25) is 4.79 Å². The molecule has 1 aromatic carbocycles. The van der Waals surface area contributed by atoms with Crippen LogP contribution in [-0.4, -0.2) is 29.8 Å². The smallest absolute Gasteiger partial charge is 0.257 e. The zero-order chi connectivity index (χ0) is 17.9. The predicted molar refractivity (Wildman–Crippen MR) is 97.3 cm³/mol. The average molecular weight is 361 g/mol. The van der Waals surface area contributed by atoms with E-state index in [1.54, 1.807) is 11.3 Å². The summed E-state index contributed by atoms with van der Waals surface area (Å²) in [5.74, 6) is 1.11. The predicted octanol–water partition coefficient (Wildman–Crippen LogP) is 3.08. The summed E-state index contributed by atoms with van der Waals surface area (Å²) in [6, 6.07) is 7.63. The number of amides is 1. The highest BCUT2D eigenvalue weighted by molar-refractivity contribution is 7.07. The quantitative estimate of drug-likeness (QED) is 0.795. The molecule has 2 N–H and O–H groups in total. The number of fused-ring (bicyclic) bond motifs is 1. The van der Waals surface area contributed by atoms with Gasteiger partial charge >= 0.3 is 0 Å². The molecule has 0 bridgehead atoms. The normalized spacial score (nSPS) is 16.0. The number of aliphatic hydroxyl groups excluding tert-OH is 1. The molecule has 0 aliphatic carbocycles. The molecule has 0 radical (unpaired) electrons. The summed E-state index contributed by atoms with van der Waals surface area (Å²) in [6.07, 6.45) is 0.743. The van der Waals surface area contributed by atoms with E-state index in [2.05, 4.69) is 5.32 Å². The Labute approximate surface area is 151 Å². The Morgan fingerprint density at radius 1 is 1.44 bits per heavy atom.